The molecule has 42 heavy (non-hydrogen) atoms. The van der Waals surface area contributed by atoms with Crippen LogP contribution in [0.15, 0.2) is 71.8 Å². The summed E-state index contributed by atoms with van der Waals surface area (Å²) in [7, 11) is 0. The Kier molecular flexibility index (Phi) is 6.36. The van der Waals surface area contributed by atoms with Crippen LogP contribution in [0.5, 0.6) is 5.75 Å². The van der Waals surface area contributed by atoms with Crippen molar-refractivity contribution in [3.8, 4) is 17.0 Å². The van der Waals surface area contributed by atoms with Gasteiger partial charge in [0.1, 0.15) is 41.8 Å². The van der Waals surface area contributed by atoms with E-state index in [4.69, 9.17) is 5.73 Å². The van der Waals surface area contributed by atoms with E-state index in [2.05, 4.69) is 20.1 Å². The van der Waals surface area contributed by atoms with Crippen LogP contribution in [0.3, 0.4) is 0 Å². The average molecular weight is 576 g/mol. The molecule has 6 rings (SSSR count). The number of phenolic OH excluding ortho intramolecular Hbond substituents is 1. The van der Waals surface area contributed by atoms with Crippen molar-refractivity contribution in [2.75, 3.05) is 5.73 Å². The van der Waals surface area contributed by atoms with E-state index in [1.165, 1.54) is 39.8 Å². The number of hydrogen-bond acceptors (Lipinski definition) is 7. The second-order valence-electron chi connectivity index (χ2n) is 9.71. The third-order valence-corrected chi connectivity index (χ3v) is 6.93. The summed E-state index contributed by atoms with van der Waals surface area (Å²) < 4.78 is 58.3. The first kappa shape index (κ1) is 26.9. The average Bonchev–Trinajstić information content (AvgIpc) is 3.29. The Labute approximate surface area is 234 Å². The van der Waals surface area contributed by atoms with Crippen molar-refractivity contribution in [2.24, 2.45) is 0 Å². The third kappa shape index (κ3) is 4.68. The van der Waals surface area contributed by atoms with Crippen molar-refractivity contribution in [1.29, 1.82) is 0 Å². The molecule has 3 heterocycles. The van der Waals surface area contributed by atoms with E-state index < -0.39 is 29.7 Å². The van der Waals surface area contributed by atoms with Gasteiger partial charge >= 0.3 is 6.18 Å². The lowest BCUT2D eigenvalue weighted by Crippen LogP contribution is -2.29. The van der Waals surface area contributed by atoms with E-state index in [-0.39, 0.29) is 57.2 Å². The SMILES string of the molecule is Cc1cccc2nc(Cn3nc(-c4cc(O)cc(F)c4)c4c(N)ncnc43)n(Cc3ccccc3C(F)(F)F)c(=O)c12. The van der Waals surface area contributed by atoms with Crippen LogP contribution >= 0.6 is 0 Å². The van der Waals surface area contributed by atoms with Crippen molar-refractivity contribution >= 4 is 27.8 Å². The molecule has 0 spiro atoms. The molecule has 0 aliphatic rings. The Morgan fingerprint density at radius 2 is 1.76 bits per heavy atom. The Hall–Kier alpha value is -5.33. The Morgan fingerprint density at radius 1 is 0.976 bits per heavy atom. The van der Waals surface area contributed by atoms with Gasteiger partial charge in [-0.05, 0) is 42.3 Å². The summed E-state index contributed by atoms with van der Waals surface area (Å²) in [4.78, 5) is 26.8. The summed E-state index contributed by atoms with van der Waals surface area (Å²) in [5.41, 5.74) is 6.17. The highest BCUT2D eigenvalue weighted by molar-refractivity contribution is 5.98. The van der Waals surface area contributed by atoms with Gasteiger partial charge in [-0.3, -0.25) is 9.36 Å². The number of phenols is 1. The summed E-state index contributed by atoms with van der Waals surface area (Å²) in [6, 6.07) is 13.5. The topological polar surface area (TPSA) is 125 Å². The molecule has 0 fully saturated rings. The van der Waals surface area contributed by atoms with Crippen molar-refractivity contribution in [3.63, 3.8) is 0 Å². The van der Waals surface area contributed by atoms with Gasteiger partial charge in [-0.1, -0.05) is 30.3 Å². The Balaban J connectivity index is 1.57. The summed E-state index contributed by atoms with van der Waals surface area (Å²) in [6.07, 6.45) is -3.44. The molecule has 0 saturated carbocycles. The predicted octanol–water partition coefficient (Wildman–Crippen LogP) is 5.05. The first-order valence-electron chi connectivity index (χ1n) is 12.6. The first-order chi connectivity index (χ1) is 20.0. The van der Waals surface area contributed by atoms with Gasteiger partial charge in [-0.2, -0.15) is 18.3 Å². The number of hydrogen-bond donors (Lipinski definition) is 2. The number of nitrogens with two attached hydrogens (primary N) is 1. The maximum atomic E-state index is 14.2. The van der Waals surface area contributed by atoms with E-state index >= 15 is 0 Å². The monoisotopic (exact) mass is 575 g/mol. The molecule has 0 radical (unpaired) electrons. The molecule has 0 saturated heterocycles. The van der Waals surface area contributed by atoms with Crippen molar-refractivity contribution in [3.05, 3.63) is 106 Å². The maximum Gasteiger partial charge on any atom is 0.416 e. The number of anilines is 1. The van der Waals surface area contributed by atoms with Crippen LogP contribution in [-0.4, -0.2) is 34.4 Å². The highest BCUT2D eigenvalue weighted by Crippen LogP contribution is 2.34. The number of rotatable bonds is 5. The predicted molar refractivity (Wildman–Crippen MR) is 147 cm³/mol. The summed E-state index contributed by atoms with van der Waals surface area (Å²) >= 11 is 0. The second kappa shape index (κ2) is 9.94. The molecule has 212 valence electrons. The van der Waals surface area contributed by atoms with Gasteiger partial charge in [0.25, 0.3) is 5.56 Å². The van der Waals surface area contributed by atoms with Gasteiger partial charge in [0.15, 0.2) is 5.65 Å². The number of nitrogen functional groups attached to an aromatic ring is 1. The normalized spacial score (nSPS) is 11.9. The number of alkyl halides is 3. The second-order valence-corrected chi connectivity index (χ2v) is 9.71. The molecule has 0 aliphatic heterocycles. The minimum Gasteiger partial charge on any atom is -0.508 e. The van der Waals surface area contributed by atoms with Gasteiger partial charge in [-0.25, -0.2) is 24.0 Å². The fourth-order valence-corrected chi connectivity index (χ4v) is 5.05. The Bertz CT molecular complexity index is 2050. The minimum atomic E-state index is -4.64. The molecule has 3 N–H and O–H groups in total. The van der Waals surface area contributed by atoms with E-state index in [0.29, 0.717) is 11.1 Å². The number of nitrogens with zero attached hydrogens (tertiary/aromatic N) is 6. The van der Waals surface area contributed by atoms with E-state index in [0.717, 1.165) is 18.2 Å². The van der Waals surface area contributed by atoms with Crippen LogP contribution in [0.1, 0.15) is 22.5 Å². The highest BCUT2D eigenvalue weighted by Gasteiger charge is 2.33. The first-order valence-corrected chi connectivity index (χ1v) is 12.6. The van der Waals surface area contributed by atoms with Gasteiger partial charge in [-0.15, -0.1) is 0 Å². The number of benzene rings is 3. The molecule has 9 nitrogen and oxygen atoms in total. The molecular weight excluding hydrogens is 554 g/mol. The Morgan fingerprint density at radius 3 is 2.52 bits per heavy atom. The molecule has 13 heteroatoms. The lowest BCUT2D eigenvalue weighted by molar-refractivity contribution is -0.138. The number of fused-ring (bicyclic) bond motifs is 2. The largest absolute Gasteiger partial charge is 0.508 e. The molecule has 0 aliphatic carbocycles. The van der Waals surface area contributed by atoms with Crippen LogP contribution in [0, 0.1) is 12.7 Å². The summed E-state index contributed by atoms with van der Waals surface area (Å²) in [5.74, 6) is -0.924. The molecule has 0 bridgehead atoms. The summed E-state index contributed by atoms with van der Waals surface area (Å²) in [5, 5.41) is 15.1. The molecule has 3 aromatic heterocycles. The molecule has 6 aromatic rings. The van der Waals surface area contributed by atoms with Crippen molar-refractivity contribution in [2.45, 2.75) is 26.2 Å². The fourth-order valence-electron chi connectivity index (χ4n) is 5.05. The number of halogens is 4. The zero-order valence-corrected chi connectivity index (χ0v) is 21.9. The quantitative estimate of drug-likeness (QED) is 0.276. The number of aryl methyl sites for hydroxylation is 1. The van der Waals surface area contributed by atoms with Gasteiger partial charge < -0.3 is 10.8 Å². The maximum absolute atomic E-state index is 14.2. The van der Waals surface area contributed by atoms with Crippen molar-refractivity contribution in [1.82, 2.24) is 29.3 Å². The smallest absolute Gasteiger partial charge is 0.416 e. The minimum absolute atomic E-state index is 0.0311. The third-order valence-electron chi connectivity index (χ3n) is 6.93. The van der Waals surface area contributed by atoms with Crippen LogP contribution in [-0.2, 0) is 19.3 Å². The van der Waals surface area contributed by atoms with Crippen LogP contribution in [0.2, 0.25) is 0 Å². The lowest BCUT2D eigenvalue weighted by Gasteiger charge is -2.18. The number of aromatic hydroxyl groups is 1. The lowest BCUT2D eigenvalue weighted by atomic mass is 10.1. The fraction of sp³-hybridized carbons (Fsp3) is 0.138. The van der Waals surface area contributed by atoms with Crippen LogP contribution in [0.4, 0.5) is 23.4 Å². The molecular formula is C29H21F4N7O2. The van der Waals surface area contributed by atoms with Crippen LogP contribution in [0.25, 0.3) is 33.2 Å². The molecule has 3 aromatic carbocycles. The number of aromatic nitrogens is 6. The van der Waals surface area contributed by atoms with Crippen molar-refractivity contribution < 1.29 is 22.7 Å². The zero-order chi connectivity index (χ0) is 29.8. The standard InChI is InChI=1S/C29H21F4N7O2/c1-15-5-4-8-21-23(15)28(42)39(12-16-6-2-3-7-20(16)29(31,32)33)22(37-21)13-40-27-24(26(34)35-14-36-27)25(38-40)17-9-18(30)11-19(41)10-17/h2-11,14,41H,12-13H2,1H3,(H2,34,35,36). The van der Waals surface area contributed by atoms with Gasteiger partial charge in [0.2, 0.25) is 0 Å². The summed E-state index contributed by atoms with van der Waals surface area (Å²) in [6.45, 7) is 1.10. The van der Waals surface area contributed by atoms with E-state index in [9.17, 15) is 27.5 Å². The highest BCUT2D eigenvalue weighted by atomic mass is 19.4. The van der Waals surface area contributed by atoms with E-state index in [1.54, 1.807) is 25.1 Å². The zero-order valence-electron chi connectivity index (χ0n) is 21.9. The van der Waals surface area contributed by atoms with Gasteiger partial charge in [0, 0.05) is 11.6 Å². The molecule has 0 atom stereocenters. The molecule has 0 amide bonds. The molecule has 0 unspecified atom stereocenters. The van der Waals surface area contributed by atoms with Gasteiger partial charge in [0.05, 0.1) is 28.4 Å². The van der Waals surface area contributed by atoms with E-state index in [1.807, 2.05) is 0 Å². The van der Waals surface area contributed by atoms with Crippen LogP contribution < -0.4 is 11.3 Å².